The van der Waals surface area contributed by atoms with Crippen molar-refractivity contribution in [1.82, 2.24) is 0 Å². The first kappa shape index (κ1) is 14.8. The van der Waals surface area contributed by atoms with E-state index in [0.29, 0.717) is 27.2 Å². The number of rotatable bonds is 2. The summed E-state index contributed by atoms with van der Waals surface area (Å²) in [6, 6.07) is 15.3. The molecule has 0 fully saturated rings. The lowest BCUT2D eigenvalue weighted by Gasteiger charge is -2.02. The van der Waals surface area contributed by atoms with E-state index in [1.165, 1.54) is 0 Å². The van der Waals surface area contributed by atoms with Crippen LogP contribution in [0.25, 0.3) is 11.0 Å². The number of hydrogen-bond acceptors (Lipinski definition) is 4. The highest BCUT2D eigenvalue weighted by Gasteiger charge is 2.10. The SMILES string of the molecule is N#Cc1ccc2oc(=Nc3ccc(Cl)cc3)c(C(N)=O)cc2c1. The molecule has 3 aromatic rings. The Morgan fingerprint density at radius 2 is 1.91 bits per heavy atom. The number of carbonyl (C=O) groups is 1. The minimum absolute atomic E-state index is 0.108. The fourth-order valence-corrected chi connectivity index (χ4v) is 2.22. The molecule has 2 N–H and O–H groups in total. The summed E-state index contributed by atoms with van der Waals surface area (Å²) < 4.78 is 5.68. The van der Waals surface area contributed by atoms with Crippen molar-refractivity contribution in [2.75, 3.05) is 0 Å². The smallest absolute Gasteiger partial charge is 0.254 e. The molecule has 0 aliphatic heterocycles. The van der Waals surface area contributed by atoms with Crippen molar-refractivity contribution in [3.05, 3.63) is 70.2 Å². The number of halogens is 1. The molecule has 0 bridgehead atoms. The first-order chi connectivity index (χ1) is 11.1. The monoisotopic (exact) mass is 323 g/mol. The predicted molar refractivity (Wildman–Crippen MR) is 86.1 cm³/mol. The molecule has 0 saturated carbocycles. The third kappa shape index (κ3) is 3.07. The highest BCUT2D eigenvalue weighted by molar-refractivity contribution is 6.30. The van der Waals surface area contributed by atoms with Crippen LogP contribution < -0.4 is 11.3 Å². The van der Waals surface area contributed by atoms with E-state index in [-0.39, 0.29) is 11.1 Å². The van der Waals surface area contributed by atoms with Gasteiger partial charge in [-0.1, -0.05) is 11.6 Å². The second-order valence-electron chi connectivity index (χ2n) is 4.78. The average Bonchev–Trinajstić information content (AvgIpc) is 2.55. The highest BCUT2D eigenvalue weighted by Crippen LogP contribution is 2.18. The van der Waals surface area contributed by atoms with Crippen LogP contribution in [0.4, 0.5) is 5.69 Å². The minimum Gasteiger partial charge on any atom is -0.438 e. The summed E-state index contributed by atoms with van der Waals surface area (Å²) in [5.74, 6) is -0.661. The summed E-state index contributed by atoms with van der Waals surface area (Å²) in [4.78, 5) is 16.0. The maximum absolute atomic E-state index is 11.7. The van der Waals surface area contributed by atoms with Crippen molar-refractivity contribution < 1.29 is 9.21 Å². The molecule has 1 heterocycles. The Balaban J connectivity index is 2.26. The van der Waals surface area contributed by atoms with Crippen LogP contribution in [-0.4, -0.2) is 5.91 Å². The molecule has 0 radical (unpaired) electrons. The van der Waals surface area contributed by atoms with Crippen LogP contribution in [0, 0.1) is 11.3 Å². The van der Waals surface area contributed by atoms with Crippen LogP contribution >= 0.6 is 11.6 Å². The minimum atomic E-state index is -0.661. The van der Waals surface area contributed by atoms with Crippen molar-refractivity contribution in [2.24, 2.45) is 10.7 Å². The Morgan fingerprint density at radius 3 is 2.57 bits per heavy atom. The van der Waals surface area contributed by atoms with E-state index in [2.05, 4.69) is 4.99 Å². The van der Waals surface area contributed by atoms with Gasteiger partial charge in [0.2, 0.25) is 5.55 Å². The van der Waals surface area contributed by atoms with E-state index in [9.17, 15) is 4.79 Å². The Bertz CT molecular complexity index is 1010. The molecular weight excluding hydrogens is 314 g/mol. The molecule has 5 nitrogen and oxygen atoms in total. The van der Waals surface area contributed by atoms with Gasteiger partial charge >= 0.3 is 0 Å². The molecule has 23 heavy (non-hydrogen) atoms. The number of benzene rings is 2. The normalized spacial score (nSPS) is 11.4. The molecule has 0 aliphatic carbocycles. The highest BCUT2D eigenvalue weighted by atomic mass is 35.5. The van der Waals surface area contributed by atoms with E-state index >= 15 is 0 Å². The van der Waals surface area contributed by atoms with Gasteiger partial charge in [-0.2, -0.15) is 5.26 Å². The van der Waals surface area contributed by atoms with Crippen LogP contribution in [0.2, 0.25) is 5.02 Å². The molecule has 1 aromatic heterocycles. The Morgan fingerprint density at radius 1 is 1.17 bits per heavy atom. The zero-order chi connectivity index (χ0) is 16.4. The topological polar surface area (TPSA) is 92.4 Å². The maximum atomic E-state index is 11.7. The van der Waals surface area contributed by atoms with Gasteiger partial charge in [-0.15, -0.1) is 0 Å². The summed E-state index contributed by atoms with van der Waals surface area (Å²) in [5.41, 5.74) is 7.20. The Hall–Kier alpha value is -3.10. The van der Waals surface area contributed by atoms with Crippen LogP contribution in [-0.2, 0) is 0 Å². The van der Waals surface area contributed by atoms with Crippen LogP contribution in [0.5, 0.6) is 0 Å². The second-order valence-corrected chi connectivity index (χ2v) is 5.22. The zero-order valence-electron chi connectivity index (χ0n) is 11.8. The van der Waals surface area contributed by atoms with Gasteiger partial charge in [-0.3, -0.25) is 4.79 Å². The fourth-order valence-electron chi connectivity index (χ4n) is 2.09. The van der Waals surface area contributed by atoms with Gasteiger partial charge in [0.05, 0.1) is 17.3 Å². The fraction of sp³-hybridized carbons (Fsp3) is 0. The molecule has 0 saturated heterocycles. The summed E-state index contributed by atoms with van der Waals surface area (Å²) in [5, 5.41) is 10.1. The maximum Gasteiger partial charge on any atom is 0.254 e. The van der Waals surface area contributed by atoms with Gasteiger partial charge in [-0.05, 0) is 48.5 Å². The Kier molecular flexibility index (Phi) is 3.83. The van der Waals surface area contributed by atoms with Crippen molar-refractivity contribution >= 4 is 34.2 Å². The van der Waals surface area contributed by atoms with Crippen LogP contribution in [0.1, 0.15) is 15.9 Å². The average molecular weight is 324 g/mol. The van der Waals surface area contributed by atoms with Gasteiger partial charge in [-0.25, -0.2) is 4.99 Å². The molecule has 0 aliphatic rings. The van der Waals surface area contributed by atoms with E-state index in [0.717, 1.165) is 0 Å². The summed E-state index contributed by atoms with van der Waals surface area (Å²) >= 11 is 5.84. The largest absolute Gasteiger partial charge is 0.438 e. The first-order valence-electron chi connectivity index (χ1n) is 6.65. The number of fused-ring (bicyclic) bond motifs is 1. The molecule has 0 atom stereocenters. The van der Waals surface area contributed by atoms with Gasteiger partial charge < -0.3 is 10.2 Å². The molecule has 0 spiro atoms. The molecule has 2 aromatic carbocycles. The summed E-state index contributed by atoms with van der Waals surface area (Å²) in [6.07, 6.45) is 0. The van der Waals surface area contributed by atoms with Crippen LogP contribution in [0.15, 0.2) is 57.9 Å². The summed E-state index contributed by atoms with van der Waals surface area (Å²) in [6.45, 7) is 0. The van der Waals surface area contributed by atoms with Gasteiger partial charge in [0.25, 0.3) is 5.91 Å². The molecule has 3 rings (SSSR count). The van der Waals surface area contributed by atoms with Gasteiger partial charge in [0.1, 0.15) is 11.1 Å². The number of nitrogens with zero attached hydrogens (tertiary/aromatic N) is 2. The quantitative estimate of drug-likeness (QED) is 0.784. The zero-order valence-corrected chi connectivity index (χ0v) is 12.5. The van der Waals surface area contributed by atoms with Crippen molar-refractivity contribution in [3.63, 3.8) is 0 Å². The number of nitriles is 1. The molecule has 112 valence electrons. The second kappa shape index (κ2) is 5.95. The first-order valence-corrected chi connectivity index (χ1v) is 7.03. The lowest BCUT2D eigenvalue weighted by molar-refractivity contribution is 0.0996. The van der Waals surface area contributed by atoms with Crippen LogP contribution in [0.3, 0.4) is 0 Å². The Labute approximate surface area is 136 Å². The third-order valence-electron chi connectivity index (χ3n) is 3.20. The predicted octanol–water partition coefficient (Wildman–Crippen LogP) is 3.29. The molecule has 1 amide bonds. The lowest BCUT2D eigenvalue weighted by atomic mass is 10.1. The van der Waals surface area contributed by atoms with E-state index in [1.807, 2.05) is 6.07 Å². The standard InChI is InChI=1S/C17H10ClN3O2/c18-12-2-4-13(5-3-12)21-17-14(16(20)22)8-11-7-10(9-19)1-6-15(11)23-17/h1-8H,(H2,20,22). The third-order valence-corrected chi connectivity index (χ3v) is 3.45. The van der Waals surface area contributed by atoms with Crippen molar-refractivity contribution in [2.45, 2.75) is 0 Å². The van der Waals surface area contributed by atoms with Crippen molar-refractivity contribution in [3.8, 4) is 6.07 Å². The number of primary amides is 1. The van der Waals surface area contributed by atoms with Gasteiger partial charge in [0.15, 0.2) is 0 Å². The van der Waals surface area contributed by atoms with E-state index < -0.39 is 5.91 Å². The van der Waals surface area contributed by atoms with Gasteiger partial charge in [0, 0.05) is 10.4 Å². The lowest BCUT2D eigenvalue weighted by Crippen LogP contribution is -2.21. The van der Waals surface area contributed by atoms with E-state index in [1.54, 1.807) is 48.5 Å². The molecule has 0 unspecified atom stereocenters. The number of carbonyl (C=O) groups excluding carboxylic acids is 1. The number of amides is 1. The number of nitrogens with two attached hydrogens (primary N) is 1. The number of hydrogen-bond donors (Lipinski definition) is 1. The van der Waals surface area contributed by atoms with E-state index in [4.69, 9.17) is 27.0 Å². The molecule has 6 heteroatoms. The molecular formula is C17H10ClN3O2. The van der Waals surface area contributed by atoms with Crippen molar-refractivity contribution in [1.29, 1.82) is 5.26 Å². The summed E-state index contributed by atoms with van der Waals surface area (Å²) in [7, 11) is 0.